The standard InChI is InChI=1S/C18H32N4O2S.HI/c1-4-19-18(20-11-14-22(2)13-8-15-24-3)21-12-16-25(23)17-9-6-5-7-10-17;/h5-7,9-10H,4,8,11-16H2,1-3H3,(H2,19,20,21);1H. The fraction of sp³-hybridized carbons (Fsp3) is 0.611. The third-order valence-corrected chi connectivity index (χ3v) is 4.94. The fourth-order valence-electron chi connectivity index (χ4n) is 2.22. The molecule has 0 aliphatic rings. The molecule has 0 aliphatic heterocycles. The van der Waals surface area contributed by atoms with Crippen LogP contribution in [0.3, 0.4) is 0 Å². The molecule has 0 aromatic heterocycles. The summed E-state index contributed by atoms with van der Waals surface area (Å²) in [4.78, 5) is 7.69. The van der Waals surface area contributed by atoms with Crippen LogP contribution in [0.1, 0.15) is 13.3 Å². The lowest BCUT2D eigenvalue weighted by Crippen LogP contribution is -2.39. The first-order valence-electron chi connectivity index (χ1n) is 8.80. The van der Waals surface area contributed by atoms with Crippen LogP contribution in [0.4, 0.5) is 0 Å². The summed E-state index contributed by atoms with van der Waals surface area (Å²) in [6.45, 7) is 6.88. The summed E-state index contributed by atoms with van der Waals surface area (Å²) < 4.78 is 17.3. The van der Waals surface area contributed by atoms with E-state index in [1.165, 1.54) is 0 Å². The van der Waals surface area contributed by atoms with E-state index in [1.54, 1.807) is 7.11 Å². The van der Waals surface area contributed by atoms with Gasteiger partial charge in [0, 0.05) is 50.5 Å². The van der Waals surface area contributed by atoms with Crippen LogP contribution in [-0.4, -0.2) is 74.3 Å². The van der Waals surface area contributed by atoms with Crippen LogP contribution in [0, 0.1) is 0 Å². The summed E-state index contributed by atoms with van der Waals surface area (Å²) in [5, 5.41) is 6.48. The zero-order valence-electron chi connectivity index (χ0n) is 16.1. The van der Waals surface area contributed by atoms with Gasteiger partial charge in [0.15, 0.2) is 5.96 Å². The summed E-state index contributed by atoms with van der Waals surface area (Å²) >= 11 is 0. The van der Waals surface area contributed by atoms with Crippen molar-refractivity contribution < 1.29 is 8.95 Å². The molecule has 2 N–H and O–H groups in total. The predicted molar refractivity (Wildman–Crippen MR) is 121 cm³/mol. The molecule has 0 fully saturated rings. The first-order valence-corrected chi connectivity index (χ1v) is 10.1. The van der Waals surface area contributed by atoms with Gasteiger partial charge >= 0.3 is 0 Å². The minimum atomic E-state index is -0.987. The third kappa shape index (κ3) is 11.8. The molecule has 0 heterocycles. The minimum Gasteiger partial charge on any atom is -0.385 e. The molecule has 0 aliphatic carbocycles. The highest BCUT2D eigenvalue weighted by atomic mass is 127. The summed E-state index contributed by atoms with van der Waals surface area (Å²) in [6.07, 6.45) is 1.03. The molecule has 0 bridgehead atoms. The lowest BCUT2D eigenvalue weighted by molar-refractivity contribution is 0.180. The molecule has 0 spiro atoms. The Morgan fingerprint density at radius 3 is 2.62 bits per heavy atom. The fourth-order valence-corrected chi connectivity index (χ4v) is 3.20. The molecule has 1 unspecified atom stereocenters. The number of nitrogens with zero attached hydrogens (tertiary/aromatic N) is 2. The van der Waals surface area contributed by atoms with Crippen molar-refractivity contribution in [2.75, 3.05) is 59.2 Å². The second-order valence-electron chi connectivity index (χ2n) is 5.70. The van der Waals surface area contributed by atoms with Crippen molar-refractivity contribution in [2.24, 2.45) is 4.99 Å². The van der Waals surface area contributed by atoms with Gasteiger partial charge < -0.3 is 20.3 Å². The summed E-state index contributed by atoms with van der Waals surface area (Å²) in [5.74, 6) is 1.34. The number of hydrogen-bond acceptors (Lipinski definition) is 4. The highest BCUT2D eigenvalue weighted by Crippen LogP contribution is 2.04. The van der Waals surface area contributed by atoms with E-state index >= 15 is 0 Å². The summed E-state index contributed by atoms with van der Waals surface area (Å²) in [6, 6.07) is 9.55. The molecular weight excluding hydrogens is 463 g/mol. The van der Waals surface area contributed by atoms with Gasteiger partial charge in [-0.05, 0) is 32.5 Å². The van der Waals surface area contributed by atoms with E-state index in [1.807, 2.05) is 37.3 Å². The van der Waals surface area contributed by atoms with Gasteiger partial charge in [-0.15, -0.1) is 24.0 Å². The number of nitrogens with one attached hydrogen (secondary N) is 2. The van der Waals surface area contributed by atoms with Crippen molar-refractivity contribution in [2.45, 2.75) is 18.2 Å². The van der Waals surface area contributed by atoms with Crippen molar-refractivity contribution in [3.63, 3.8) is 0 Å². The van der Waals surface area contributed by atoms with E-state index in [0.29, 0.717) is 12.3 Å². The van der Waals surface area contributed by atoms with Crippen LogP contribution in [-0.2, 0) is 15.5 Å². The third-order valence-electron chi connectivity index (χ3n) is 3.57. The average molecular weight is 496 g/mol. The number of likely N-dealkylation sites (N-methyl/N-ethyl adjacent to an activating group) is 1. The molecule has 1 aromatic rings. The second kappa shape index (κ2) is 16.5. The molecule has 1 aromatic carbocycles. The van der Waals surface area contributed by atoms with Gasteiger partial charge in [0.05, 0.1) is 17.3 Å². The predicted octanol–water partition coefficient (Wildman–Crippen LogP) is 1.94. The van der Waals surface area contributed by atoms with E-state index in [0.717, 1.165) is 50.1 Å². The summed E-state index contributed by atoms with van der Waals surface area (Å²) in [5.41, 5.74) is 0. The Hall–Kier alpha value is -0.710. The van der Waals surface area contributed by atoms with Crippen molar-refractivity contribution in [1.29, 1.82) is 0 Å². The molecule has 0 saturated carbocycles. The number of aliphatic imine (C=N–C) groups is 1. The monoisotopic (exact) mass is 496 g/mol. The molecule has 1 rings (SSSR count). The Morgan fingerprint density at radius 2 is 1.96 bits per heavy atom. The van der Waals surface area contributed by atoms with Crippen LogP contribution in [0.25, 0.3) is 0 Å². The van der Waals surface area contributed by atoms with E-state index < -0.39 is 10.8 Å². The highest BCUT2D eigenvalue weighted by Gasteiger charge is 2.04. The maximum Gasteiger partial charge on any atom is 0.191 e. The highest BCUT2D eigenvalue weighted by molar-refractivity contribution is 14.0. The van der Waals surface area contributed by atoms with Crippen molar-refractivity contribution >= 4 is 40.7 Å². The number of guanidine groups is 1. The van der Waals surface area contributed by atoms with Gasteiger partial charge in [0.25, 0.3) is 0 Å². The van der Waals surface area contributed by atoms with Crippen LogP contribution in [0.15, 0.2) is 40.2 Å². The largest absolute Gasteiger partial charge is 0.385 e. The van der Waals surface area contributed by atoms with Gasteiger partial charge in [0.1, 0.15) is 0 Å². The Bertz CT molecular complexity index is 517. The molecule has 8 heteroatoms. The van der Waals surface area contributed by atoms with Crippen molar-refractivity contribution in [3.05, 3.63) is 30.3 Å². The zero-order valence-corrected chi connectivity index (χ0v) is 19.2. The van der Waals surface area contributed by atoms with E-state index in [9.17, 15) is 4.21 Å². The quantitative estimate of drug-likeness (QED) is 0.201. The van der Waals surface area contributed by atoms with E-state index in [4.69, 9.17) is 4.74 Å². The lowest BCUT2D eigenvalue weighted by Gasteiger charge is -2.16. The van der Waals surface area contributed by atoms with E-state index in [-0.39, 0.29) is 24.0 Å². The molecular formula is C18H33IN4O2S. The number of halogens is 1. The smallest absolute Gasteiger partial charge is 0.191 e. The maximum absolute atomic E-state index is 12.2. The molecule has 0 amide bonds. The lowest BCUT2D eigenvalue weighted by atomic mass is 10.4. The summed E-state index contributed by atoms with van der Waals surface area (Å²) in [7, 11) is 2.83. The van der Waals surface area contributed by atoms with Crippen molar-refractivity contribution in [1.82, 2.24) is 15.5 Å². The molecule has 6 nitrogen and oxygen atoms in total. The number of hydrogen-bond donors (Lipinski definition) is 2. The Balaban J connectivity index is 0.00000625. The number of rotatable bonds is 12. The molecule has 0 radical (unpaired) electrons. The topological polar surface area (TPSA) is 66.0 Å². The average Bonchev–Trinajstić information content (AvgIpc) is 2.62. The molecule has 0 saturated heterocycles. The first kappa shape index (κ1) is 25.3. The first-order chi connectivity index (χ1) is 12.2. The molecule has 26 heavy (non-hydrogen) atoms. The Labute approximate surface area is 177 Å². The van der Waals surface area contributed by atoms with Crippen molar-refractivity contribution in [3.8, 4) is 0 Å². The Kier molecular flexibility index (Phi) is 16.0. The zero-order chi connectivity index (χ0) is 18.3. The number of benzene rings is 1. The maximum atomic E-state index is 12.2. The van der Waals surface area contributed by atoms with Gasteiger partial charge in [-0.25, -0.2) is 0 Å². The van der Waals surface area contributed by atoms with Gasteiger partial charge in [0.2, 0.25) is 0 Å². The number of methoxy groups -OCH3 is 1. The minimum absolute atomic E-state index is 0. The van der Waals surface area contributed by atoms with Gasteiger partial charge in [-0.3, -0.25) is 9.20 Å². The molecule has 150 valence electrons. The van der Waals surface area contributed by atoms with Crippen LogP contribution in [0.5, 0.6) is 0 Å². The Morgan fingerprint density at radius 1 is 1.23 bits per heavy atom. The SMILES string of the molecule is CCNC(=NCCN(C)CCCOC)NCCS(=O)c1ccccc1.I. The normalized spacial score (nSPS) is 12.5. The van der Waals surface area contributed by atoms with Gasteiger partial charge in [-0.2, -0.15) is 0 Å². The van der Waals surface area contributed by atoms with Gasteiger partial charge in [-0.1, -0.05) is 18.2 Å². The van der Waals surface area contributed by atoms with Crippen LogP contribution < -0.4 is 10.6 Å². The van der Waals surface area contributed by atoms with E-state index in [2.05, 4.69) is 27.6 Å². The van der Waals surface area contributed by atoms with Crippen LogP contribution in [0.2, 0.25) is 0 Å². The van der Waals surface area contributed by atoms with Crippen LogP contribution >= 0.6 is 24.0 Å². The number of ether oxygens (including phenoxy) is 1. The molecule has 1 atom stereocenters. The second-order valence-corrected chi connectivity index (χ2v) is 7.27.